The largest absolute Gasteiger partial charge is 0.508 e. The summed E-state index contributed by atoms with van der Waals surface area (Å²) in [5.41, 5.74) is 10.5. The molecular weight excluding hydrogens is 684 g/mol. The van der Waals surface area contributed by atoms with Gasteiger partial charge < -0.3 is 26.0 Å². The zero-order valence-electron chi connectivity index (χ0n) is 28.7. The molecule has 6 aromatic rings. The minimum atomic E-state index is -0.394. The third-order valence-electron chi connectivity index (χ3n) is 9.67. The number of ether oxygens (including phenoxy) is 1. The lowest BCUT2D eigenvalue weighted by atomic mass is 9.75. The molecule has 11 heteroatoms. The first kappa shape index (κ1) is 33.7. The molecule has 0 fully saturated rings. The van der Waals surface area contributed by atoms with Gasteiger partial charge in [-0.1, -0.05) is 66.7 Å². The topological polar surface area (TPSA) is 181 Å². The lowest BCUT2D eigenvalue weighted by Gasteiger charge is -2.26. The number of azo groups is 1. The van der Waals surface area contributed by atoms with Crippen molar-refractivity contribution in [2.75, 3.05) is 24.7 Å². The second-order valence-corrected chi connectivity index (χ2v) is 12.8. The summed E-state index contributed by atoms with van der Waals surface area (Å²) in [6.45, 7) is 0.362. The molecule has 11 nitrogen and oxygen atoms in total. The van der Waals surface area contributed by atoms with Gasteiger partial charge in [0.25, 0.3) is 0 Å². The van der Waals surface area contributed by atoms with Crippen LogP contribution < -0.4 is 15.8 Å². The number of ketones is 4. The smallest absolute Gasteiger partial charge is 0.196 e. The van der Waals surface area contributed by atoms with Crippen LogP contribution in [0.15, 0.2) is 119 Å². The van der Waals surface area contributed by atoms with Crippen LogP contribution in [-0.4, -0.2) is 47.0 Å². The minimum absolute atomic E-state index is 0.0727. The average Bonchev–Trinajstić information content (AvgIpc) is 3.18. The van der Waals surface area contributed by atoms with Gasteiger partial charge in [-0.3, -0.25) is 19.2 Å². The van der Waals surface area contributed by atoms with E-state index in [0.29, 0.717) is 41.2 Å². The zero-order valence-corrected chi connectivity index (χ0v) is 28.7. The van der Waals surface area contributed by atoms with E-state index in [9.17, 15) is 29.4 Å². The Morgan fingerprint density at radius 3 is 1.74 bits per heavy atom. The SMILES string of the molecule is COc1cc(CCNc2ccc(-c3ccc(N)c4c3C(=O)c3ccccc3C4=O)c3c2C(=O)c2ccccc2C3=O)ccc1N=Nc1ccc(O)cc1O. The number of nitrogens with one attached hydrogen (secondary N) is 1. The monoisotopic (exact) mass is 714 g/mol. The molecule has 0 aliphatic heterocycles. The lowest BCUT2D eigenvalue weighted by molar-refractivity contribution is 0.0978. The van der Waals surface area contributed by atoms with Gasteiger partial charge in [0.05, 0.1) is 18.2 Å². The molecule has 8 rings (SSSR count). The van der Waals surface area contributed by atoms with Crippen molar-refractivity contribution in [2.24, 2.45) is 10.2 Å². The molecule has 0 saturated heterocycles. The number of rotatable bonds is 8. The van der Waals surface area contributed by atoms with Crippen LogP contribution in [0.25, 0.3) is 11.1 Å². The minimum Gasteiger partial charge on any atom is -0.508 e. The Morgan fingerprint density at radius 2 is 1.13 bits per heavy atom. The van der Waals surface area contributed by atoms with E-state index < -0.39 is 5.78 Å². The predicted octanol–water partition coefficient (Wildman–Crippen LogP) is 7.98. The van der Waals surface area contributed by atoms with Crippen molar-refractivity contribution in [3.8, 4) is 28.4 Å². The second kappa shape index (κ2) is 13.3. The van der Waals surface area contributed by atoms with E-state index in [1.807, 2.05) is 6.07 Å². The maximum Gasteiger partial charge on any atom is 0.196 e. The number of methoxy groups -OCH3 is 1. The van der Waals surface area contributed by atoms with Crippen molar-refractivity contribution in [1.82, 2.24) is 0 Å². The Bertz CT molecular complexity index is 2650. The van der Waals surface area contributed by atoms with Gasteiger partial charge in [-0.25, -0.2) is 0 Å². The normalized spacial score (nSPS) is 13.0. The molecule has 264 valence electrons. The van der Waals surface area contributed by atoms with E-state index in [4.69, 9.17) is 10.5 Å². The molecule has 2 aliphatic carbocycles. The van der Waals surface area contributed by atoms with E-state index in [1.165, 1.54) is 25.3 Å². The number of fused-ring (bicyclic) bond motifs is 4. The fourth-order valence-electron chi connectivity index (χ4n) is 7.07. The summed E-state index contributed by atoms with van der Waals surface area (Å²) >= 11 is 0. The number of phenolic OH excluding ortho intramolecular Hbond substituents is 2. The number of carbonyl (C=O) groups excluding carboxylic acids is 4. The van der Waals surface area contributed by atoms with Gasteiger partial charge in [0.2, 0.25) is 0 Å². The van der Waals surface area contributed by atoms with Crippen LogP contribution in [0, 0.1) is 0 Å². The molecule has 0 saturated carbocycles. The van der Waals surface area contributed by atoms with Gasteiger partial charge in [-0.15, -0.1) is 10.2 Å². The highest BCUT2D eigenvalue weighted by Gasteiger charge is 2.38. The van der Waals surface area contributed by atoms with Gasteiger partial charge in [-0.2, -0.15) is 0 Å². The van der Waals surface area contributed by atoms with E-state index in [-0.39, 0.29) is 84.7 Å². The molecule has 2 aliphatic rings. The molecule has 0 heterocycles. The second-order valence-electron chi connectivity index (χ2n) is 12.8. The number of benzene rings is 6. The molecule has 0 unspecified atom stereocenters. The number of phenols is 2. The predicted molar refractivity (Wildman–Crippen MR) is 202 cm³/mol. The standard InChI is InChI=1S/C43H30N4O7/c1-54-35-20-22(10-15-32(35)47-46-31-16-11-23(48)21-34(31)49)18-19-45-33-17-13-25(37-39(33)43(53)29-9-5-3-7-27(29)41(37)51)24-12-14-30(44)38-36(24)40(50)26-6-2-4-8-28(26)42(38)52/h2-17,20-21,45,48-49H,18-19,44H2,1H3. The van der Waals surface area contributed by atoms with Gasteiger partial charge in [0.1, 0.15) is 28.6 Å². The number of hydrogen-bond donors (Lipinski definition) is 4. The number of nitrogen functional groups attached to an aromatic ring is 1. The molecule has 54 heavy (non-hydrogen) atoms. The molecular formula is C43H30N4O7. The number of hydrogen-bond acceptors (Lipinski definition) is 11. The fourth-order valence-corrected chi connectivity index (χ4v) is 7.07. The molecule has 6 aromatic carbocycles. The van der Waals surface area contributed by atoms with Crippen LogP contribution in [-0.2, 0) is 6.42 Å². The van der Waals surface area contributed by atoms with Crippen molar-refractivity contribution < 1.29 is 34.1 Å². The van der Waals surface area contributed by atoms with Crippen molar-refractivity contribution >= 4 is 45.9 Å². The van der Waals surface area contributed by atoms with Crippen molar-refractivity contribution in [3.63, 3.8) is 0 Å². The first-order valence-electron chi connectivity index (χ1n) is 17.0. The van der Waals surface area contributed by atoms with Gasteiger partial charge in [0, 0.05) is 57.4 Å². The summed E-state index contributed by atoms with van der Waals surface area (Å²) in [6, 6.07) is 29.1. The summed E-state index contributed by atoms with van der Waals surface area (Å²) < 4.78 is 5.55. The summed E-state index contributed by atoms with van der Waals surface area (Å²) in [5, 5.41) is 31.2. The third kappa shape index (κ3) is 5.55. The Hall–Kier alpha value is -7.40. The van der Waals surface area contributed by atoms with Crippen LogP contribution in [0.2, 0.25) is 0 Å². The Kier molecular flexibility index (Phi) is 8.30. The molecule has 0 bridgehead atoms. The third-order valence-corrected chi connectivity index (χ3v) is 9.67. The molecule has 0 aromatic heterocycles. The number of carbonyl (C=O) groups is 4. The highest BCUT2D eigenvalue weighted by molar-refractivity contribution is 6.35. The van der Waals surface area contributed by atoms with Gasteiger partial charge >= 0.3 is 0 Å². The van der Waals surface area contributed by atoms with E-state index in [1.54, 1.807) is 84.9 Å². The molecule has 0 spiro atoms. The quantitative estimate of drug-likeness (QED) is 0.0896. The summed E-state index contributed by atoms with van der Waals surface area (Å²) in [4.78, 5) is 56.3. The summed E-state index contributed by atoms with van der Waals surface area (Å²) in [5.74, 6) is -1.39. The van der Waals surface area contributed by atoms with Crippen molar-refractivity contribution in [3.05, 3.63) is 159 Å². The van der Waals surface area contributed by atoms with Crippen LogP contribution in [0.5, 0.6) is 17.2 Å². The maximum atomic E-state index is 14.3. The van der Waals surface area contributed by atoms with E-state index >= 15 is 0 Å². The highest BCUT2D eigenvalue weighted by Crippen LogP contribution is 2.43. The lowest BCUT2D eigenvalue weighted by Crippen LogP contribution is -2.26. The summed E-state index contributed by atoms with van der Waals surface area (Å²) in [7, 11) is 1.50. The maximum absolute atomic E-state index is 14.3. The first-order valence-corrected chi connectivity index (χ1v) is 17.0. The Morgan fingerprint density at radius 1 is 0.593 bits per heavy atom. The first-order chi connectivity index (χ1) is 26.2. The van der Waals surface area contributed by atoms with Crippen LogP contribution in [0.3, 0.4) is 0 Å². The van der Waals surface area contributed by atoms with Crippen molar-refractivity contribution in [2.45, 2.75) is 6.42 Å². The number of aromatic hydroxyl groups is 2. The Labute approximate surface area is 308 Å². The van der Waals surface area contributed by atoms with E-state index in [2.05, 4.69) is 15.5 Å². The van der Waals surface area contributed by atoms with Crippen LogP contribution >= 0.6 is 0 Å². The summed E-state index contributed by atoms with van der Waals surface area (Å²) in [6.07, 6.45) is 0.489. The number of anilines is 2. The van der Waals surface area contributed by atoms with Gasteiger partial charge in [-0.05, 0) is 59.5 Å². The highest BCUT2D eigenvalue weighted by atomic mass is 16.5. The van der Waals surface area contributed by atoms with Crippen molar-refractivity contribution in [1.29, 1.82) is 0 Å². The molecule has 0 radical (unpaired) electrons. The average molecular weight is 715 g/mol. The molecule has 0 atom stereocenters. The number of nitrogens with two attached hydrogens (primary N) is 1. The number of nitrogens with zero attached hydrogens (tertiary/aromatic N) is 2. The molecule has 0 amide bonds. The fraction of sp³-hybridized carbons (Fsp3) is 0.0698. The van der Waals surface area contributed by atoms with Gasteiger partial charge in [0.15, 0.2) is 23.1 Å². The zero-order chi connectivity index (χ0) is 37.7. The molecule has 5 N–H and O–H groups in total. The van der Waals surface area contributed by atoms with E-state index in [0.717, 1.165) is 5.56 Å². The van der Waals surface area contributed by atoms with Crippen LogP contribution in [0.1, 0.15) is 69.2 Å². The Balaban J connectivity index is 1.14. The van der Waals surface area contributed by atoms with Crippen LogP contribution in [0.4, 0.5) is 22.7 Å².